The molecule has 4 rings (SSSR count). The average molecular weight is 423 g/mol. The van der Waals surface area contributed by atoms with Gasteiger partial charge in [-0.05, 0) is 70.5 Å². The third-order valence-electron chi connectivity index (χ3n) is 6.47. The van der Waals surface area contributed by atoms with Crippen LogP contribution in [0.15, 0.2) is 42.6 Å². The average Bonchev–Trinajstić information content (AvgIpc) is 3.06. The number of hydrogen-bond acceptors (Lipinski definition) is 6. The smallest absolute Gasteiger partial charge is 0.275 e. The maximum absolute atomic E-state index is 12.6. The lowest BCUT2D eigenvalue weighted by Crippen LogP contribution is -2.47. The standard InChI is InChI=1S/C24H34N6O/c1-19(2)28-15-10-20(11-16-28)29-13-6-14-30(18-17-29)23-9-5-7-21(26-23)24(31)27-22-8-3-4-12-25-22/h3-5,7-9,12,19-20H,6,10-11,13-18H2,1-2H3,(H,25,27,31). The van der Waals surface area contributed by atoms with Crippen LogP contribution in [-0.4, -0.2) is 77.0 Å². The van der Waals surface area contributed by atoms with Gasteiger partial charge in [0, 0.05) is 44.5 Å². The molecule has 0 saturated carbocycles. The summed E-state index contributed by atoms with van der Waals surface area (Å²) in [6.07, 6.45) is 5.31. The summed E-state index contributed by atoms with van der Waals surface area (Å²) in [6, 6.07) is 12.5. The van der Waals surface area contributed by atoms with Gasteiger partial charge >= 0.3 is 0 Å². The SMILES string of the molecule is CC(C)N1CCC(N2CCCN(c3cccc(C(=O)Nc4ccccn4)n3)CC2)CC1. The van der Waals surface area contributed by atoms with E-state index in [2.05, 4.69) is 43.8 Å². The normalized spacial score (nSPS) is 19.4. The highest BCUT2D eigenvalue weighted by molar-refractivity contribution is 6.02. The molecule has 0 radical (unpaired) electrons. The molecule has 166 valence electrons. The number of anilines is 2. The van der Waals surface area contributed by atoms with E-state index in [1.54, 1.807) is 18.3 Å². The van der Waals surface area contributed by atoms with Gasteiger partial charge in [0.1, 0.15) is 17.3 Å². The monoisotopic (exact) mass is 422 g/mol. The molecule has 2 aliphatic rings. The summed E-state index contributed by atoms with van der Waals surface area (Å²) in [7, 11) is 0. The molecule has 1 amide bonds. The molecule has 1 N–H and O–H groups in total. The summed E-state index contributed by atoms with van der Waals surface area (Å²) >= 11 is 0. The van der Waals surface area contributed by atoms with Gasteiger partial charge in [0.15, 0.2) is 0 Å². The predicted octanol–water partition coefficient (Wildman–Crippen LogP) is 3.11. The first kappa shape index (κ1) is 21.7. The van der Waals surface area contributed by atoms with Crippen molar-refractivity contribution in [1.29, 1.82) is 0 Å². The van der Waals surface area contributed by atoms with Gasteiger partial charge in [-0.25, -0.2) is 9.97 Å². The number of hydrogen-bond donors (Lipinski definition) is 1. The lowest BCUT2D eigenvalue weighted by atomic mass is 10.0. The van der Waals surface area contributed by atoms with E-state index in [4.69, 9.17) is 0 Å². The van der Waals surface area contributed by atoms with Crippen molar-refractivity contribution in [2.45, 2.75) is 45.2 Å². The van der Waals surface area contributed by atoms with E-state index in [0.717, 1.165) is 38.4 Å². The molecule has 0 aromatic carbocycles. The molecular weight excluding hydrogens is 388 g/mol. The number of rotatable bonds is 5. The molecule has 0 atom stereocenters. The van der Waals surface area contributed by atoms with E-state index >= 15 is 0 Å². The second-order valence-corrected chi connectivity index (χ2v) is 8.79. The molecule has 0 unspecified atom stereocenters. The molecule has 2 aliphatic heterocycles. The van der Waals surface area contributed by atoms with Crippen LogP contribution in [0.5, 0.6) is 0 Å². The van der Waals surface area contributed by atoms with Gasteiger partial charge in [-0.3, -0.25) is 9.69 Å². The van der Waals surface area contributed by atoms with Crippen LogP contribution < -0.4 is 10.2 Å². The largest absolute Gasteiger partial charge is 0.355 e. The van der Waals surface area contributed by atoms with E-state index in [0.29, 0.717) is 23.6 Å². The van der Waals surface area contributed by atoms with Crippen molar-refractivity contribution in [3.63, 3.8) is 0 Å². The minimum atomic E-state index is -0.228. The zero-order chi connectivity index (χ0) is 21.6. The Morgan fingerprint density at radius 3 is 2.58 bits per heavy atom. The van der Waals surface area contributed by atoms with Crippen molar-refractivity contribution >= 4 is 17.5 Å². The van der Waals surface area contributed by atoms with Crippen LogP contribution in [0.25, 0.3) is 0 Å². The second-order valence-electron chi connectivity index (χ2n) is 8.79. The van der Waals surface area contributed by atoms with Crippen LogP contribution in [0.3, 0.4) is 0 Å². The lowest BCUT2D eigenvalue weighted by Gasteiger charge is -2.39. The van der Waals surface area contributed by atoms with Gasteiger partial charge in [-0.2, -0.15) is 0 Å². The van der Waals surface area contributed by atoms with E-state index < -0.39 is 0 Å². The van der Waals surface area contributed by atoms with E-state index in [9.17, 15) is 4.79 Å². The lowest BCUT2D eigenvalue weighted by molar-refractivity contribution is 0.0965. The maximum atomic E-state index is 12.6. The molecule has 0 spiro atoms. The quantitative estimate of drug-likeness (QED) is 0.799. The van der Waals surface area contributed by atoms with Crippen molar-refractivity contribution in [2.24, 2.45) is 0 Å². The van der Waals surface area contributed by atoms with Crippen molar-refractivity contribution in [1.82, 2.24) is 19.8 Å². The highest BCUT2D eigenvalue weighted by Crippen LogP contribution is 2.21. The third kappa shape index (κ3) is 5.60. The molecule has 2 aromatic rings. The Bertz CT molecular complexity index is 850. The Hall–Kier alpha value is -2.51. The van der Waals surface area contributed by atoms with Crippen molar-refractivity contribution < 1.29 is 4.79 Å². The van der Waals surface area contributed by atoms with Gasteiger partial charge < -0.3 is 15.1 Å². The summed E-state index contributed by atoms with van der Waals surface area (Å²) in [5.41, 5.74) is 0.422. The van der Waals surface area contributed by atoms with E-state index in [1.165, 1.54) is 25.9 Å². The van der Waals surface area contributed by atoms with E-state index in [1.807, 2.05) is 24.3 Å². The summed E-state index contributed by atoms with van der Waals surface area (Å²) in [6.45, 7) is 11.1. The molecule has 7 nitrogen and oxygen atoms in total. The Morgan fingerprint density at radius 2 is 1.84 bits per heavy atom. The number of nitrogens with zero attached hydrogens (tertiary/aromatic N) is 5. The molecule has 2 saturated heterocycles. The minimum Gasteiger partial charge on any atom is -0.355 e. The van der Waals surface area contributed by atoms with Gasteiger partial charge in [-0.15, -0.1) is 0 Å². The van der Waals surface area contributed by atoms with Crippen LogP contribution in [0.2, 0.25) is 0 Å². The zero-order valence-corrected chi connectivity index (χ0v) is 18.7. The van der Waals surface area contributed by atoms with Crippen LogP contribution in [0.4, 0.5) is 11.6 Å². The fourth-order valence-electron chi connectivity index (χ4n) is 4.64. The molecule has 31 heavy (non-hydrogen) atoms. The predicted molar refractivity (Wildman–Crippen MR) is 125 cm³/mol. The number of pyridine rings is 2. The van der Waals surface area contributed by atoms with Crippen LogP contribution in [0.1, 0.15) is 43.6 Å². The Kier molecular flexibility index (Phi) is 7.14. The number of carbonyl (C=O) groups excluding carboxylic acids is 1. The maximum Gasteiger partial charge on any atom is 0.275 e. The first-order chi connectivity index (χ1) is 15.1. The number of piperidine rings is 1. The van der Waals surface area contributed by atoms with Crippen molar-refractivity contribution in [3.8, 4) is 0 Å². The number of likely N-dealkylation sites (tertiary alicyclic amines) is 1. The minimum absolute atomic E-state index is 0.228. The Balaban J connectivity index is 1.35. The van der Waals surface area contributed by atoms with E-state index in [-0.39, 0.29) is 5.91 Å². The second kappa shape index (κ2) is 10.2. The van der Waals surface area contributed by atoms with Gasteiger partial charge in [0.25, 0.3) is 5.91 Å². The van der Waals surface area contributed by atoms with Gasteiger partial charge in [0.2, 0.25) is 0 Å². The van der Waals surface area contributed by atoms with Crippen LogP contribution >= 0.6 is 0 Å². The first-order valence-electron chi connectivity index (χ1n) is 11.5. The molecule has 0 aliphatic carbocycles. The molecular formula is C24H34N6O. The van der Waals surface area contributed by atoms with Crippen molar-refractivity contribution in [3.05, 3.63) is 48.3 Å². The molecule has 2 fully saturated rings. The number of amides is 1. The van der Waals surface area contributed by atoms with Crippen LogP contribution in [0, 0.1) is 0 Å². The summed E-state index contributed by atoms with van der Waals surface area (Å²) < 4.78 is 0. The topological polar surface area (TPSA) is 64.6 Å². The number of aromatic nitrogens is 2. The molecule has 0 bridgehead atoms. The fraction of sp³-hybridized carbons (Fsp3) is 0.542. The number of carbonyl (C=O) groups is 1. The highest BCUT2D eigenvalue weighted by Gasteiger charge is 2.27. The van der Waals surface area contributed by atoms with Gasteiger partial charge in [0.05, 0.1) is 0 Å². The summed E-state index contributed by atoms with van der Waals surface area (Å²) in [4.78, 5) is 29.0. The molecule has 7 heteroatoms. The number of nitrogens with one attached hydrogen (secondary N) is 1. The zero-order valence-electron chi connectivity index (χ0n) is 18.7. The summed E-state index contributed by atoms with van der Waals surface area (Å²) in [5, 5.41) is 2.82. The Morgan fingerprint density at radius 1 is 1.00 bits per heavy atom. The molecule has 2 aromatic heterocycles. The van der Waals surface area contributed by atoms with Crippen LogP contribution in [-0.2, 0) is 0 Å². The highest BCUT2D eigenvalue weighted by atomic mass is 16.1. The first-order valence-corrected chi connectivity index (χ1v) is 11.5. The fourth-order valence-corrected chi connectivity index (χ4v) is 4.64. The molecule has 4 heterocycles. The van der Waals surface area contributed by atoms with Crippen molar-refractivity contribution in [2.75, 3.05) is 49.5 Å². The Labute approximate surface area is 185 Å². The summed E-state index contributed by atoms with van der Waals surface area (Å²) in [5.74, 6) is 1.19. The van der Waals surface area contributed by atoms with Gasteiger partial charge in [-0.1, -0.05) is 12.1 Å². The third-order valence-corrected chi connectivity index (χ3v) is 6.47.